The summed E-state index contributed by atoms with van der Waals surface area (Å²) < 4.78 is 13.4. The van der Waals surface area contributed by atoms with Gasteiger partial charge in [-0.1, -0.05) is 23.7 Å². The van der Waals surface area contributed by atoms with Crippen molar-refractivity contribution in [1.29, 1.82) is 0 Å². The molecule has 5 heteroatoms. The maximum Gasteiger partial charge on any atom is 0.338 e. The fraction of sp³-hybridized carbons (Fsp3) is 0.0714. The molecule has 19 heavy (non-hydrogen) atoms. The van der Waals surface area contributed by atoms with Gasteiger partial charge >= 0.3 is 5.97 Å². The van der Waals surface area contributed by atoms with E-state index in [0.29, 0.717) is 17.3 Å². The lowest BCUT2D eigenvalue weighted by molar-refractivity contribution is 0.0692. The number of anilines is 1. The van der Waals surface area contributed by atoms with Crippen molar-refractivity contribution in [2.75, 3.05) is 5.32 Å². The van der Waals surface area contributed by atoms with E-state index in [1.165, 1.54) is 18.2 Å². The van der Waals surface area contributed by atoms with Gasteiger partial charge in [0.1, 0.15) is 5.82 Å². The third-order valence-corrected chi connectivity index (χ3v) is 2.86. The number of benzene rings is 2. The van der Waals surface area contributed by atoms with Crippen LogP contribution in [0.3, 0.4) is 0 Å². The number of hydrogen-bond acceptors (Lipinski definition) is 2. The molecule has 0 atom stereocenters. The molecule has 98 valence electrons. The molecule has 0 aliphatic rings. The van der Waals surface area contributed by atoms with Crippen molar-refractivity contribution < 1.29 is 14.3 Å². The van der Waals surface area contributed by atoms with Gasteiger partial charge in [0.2, 0.25) is 0 Å². The van der Waals surface area contributed by atoms with E-state index in [0.717, 1.165) is 5.56 Å². The molecular formula is C14H11ClFNO2. The van der Waals surface area contributed by atoms with Gasteiger partial charge in [-0.15, -0.1) is 0 Å². The van der Waals surface area contributed by atoms with Gasteiger partial charge in [0, 0.05) is 17.3 Å². The lowest BCUT2D eigenvalue weighted by Gasteiger charge is -2.07. The van der Waals surface area contributed by atoms with E-state index in [-0.39, 0.29) is 5.56 Å². The van der Waals surface area contributed by atoms with Gasteiger partial charge in [-0.25, -0.2) is 9.18 Å². The molecule has 0 bridgehead atoms. The molecule has 0 saturated heterocycles. The van der Waals surface area contributed by atoms with Crippen LogP contribution in [0.15, 0.2) is 42.5 Å². The van der Waals surface area contributed by atoms with E-state index in [1.54, 1.807) is 12.1 Å². The molecular weight excluding hydrogens is 269 g/mol. The predicted octanol–water partition coefficient (Wildman–Crippen LogP) is 3.79. The van der Waals surface area contributed by atoms with E-state index < -0.39 is 11.8 Å². The number of halogens is 2. The van der Waals surface area contributed by atoms with Crippen molar-refractivity contribution in [3.63, 3.8) is 0 Å². The van der Waals surface area contributed by atoms with Crippen LogP contribution in [-0.4, -0.2) is 11.1 Å². The fourth-order valence-corrected chi connectivity index (χ4v) is 1.73. The van der Waals surface area contributed by atoms with Crippen LogP contribution in [0.1, 0.15) is 15.9 Å². The molecule has 0 heterocycles. The topological polar surface area (TPSA) is 49.3 Å². The molecule has 2 N–H and O–H groups in total. The Balaban J connectivity index is 2.06. The summed E-state index contributed by atoms with van der Waals surface area (Å²) in [6.45, 7) is 0.503. The van der Waals surface area contributed by atoms with E-state index in [9.17, 15) is 9.18 Å². The quantitative estimate of drug-likeness (QED) is 0.895. The lowest BCUT2D eigenvalue weighted by atomic mass is 10.2. The number of carboxylic acid groups (broad SMARTS) is 1. The first-order valence-electron chi connectivity index (χ1n) is 5.57. The summed E-state index contributed by atoms with van der Waals surface area (Å²) >= 11 is 5.77. The molecule has 0 aromatic heterocycles. The van der Waals surface area contributed by atoms with Gasteiger partial charge < -0.3 is 10.4 Å². The second-order valence-corrected chi connectivity index (χ2v) is 4.42. The molecule has 0 unspecified atom stereocenters. The molecule has 2 aromatic rings. The largest absolute Gasteiger partial charge is 0.478 e. The number of rotatable bonds is 4. The second-order valence-electron chi connectivity index (χ2n) is 3.98. The molecule has 2 aromatic carbocycles. The normalized spacial score (nSPS) is 10.2. The van der Waals surface area contributed by atoms with Crippen LogP contribution in [-0.2, 0) is 6.54 Å². The minimum atomic E-state index is -1.28. The molecule has 2 rings (SSSR count). The first-order valence-corrected chi connectivity index (χ1v) is 5.95. The highest BCUT2D eigenvalue weighted by molar-refractivity contribution is 6.30. The van der Waals surface area contributed by atoms with E-state index in [4.69, 9.17) is 16.7 Å². The van der Waals surface area contributed by atoms with E-state index >= 15 is 0 Å². The number of aromatic carboxylic acids is 1. The first kappa shape index (κ1) is 13.4. The highest BCUT2D eigenvalue weighted by Gasteiger charge is 2.09. The van der Waals surface area contributed by atoms with Crippen LogP contribution in [0.5, 0.6) is 0 Å². The molecule has 0 aliphatic carbocycles. The smallest absolute Gasteiger partial charge is 0.338 e. The Labute approximate surface area is 114 Å². The van der Waals surface area contributed by atoms with Gasteiger partial charge in [0.05, 0.1) is 5.56 Å². The molecule has 0 saturated carbocycles. The molecule has 0 amide bonds. The van der Waals surface area contributed by atoms with Gasteiger partial charge in [-0.3, -0.25) is 0 Å². The summed E-state index contributed by atoms with van der Waals surface area (Å²) in [5.41, 5.74) is 1.18. The summed E-state index contributed by atoms with van der Waals surface area (Å²) in [5.74, 6) is -2.03. The first-order chi connectivity index (χ1) is 9.06. The Kier molecular flexibility index (Phi) is 4.02. The van der Waals surface area contributed by atoms with Crippen molar-refractivity contribution in [3.8, 4) is 0 Å². The van der Waals surface area contributed by atoms with Crippen LogP contribution in [0.4, 0.5) is 10.1 Å². The zero-order valence-electron chi connectivity index (χ0n) is 9.86. The summed E-state index contributed by atoms with van der Waals surface area (Å²) in [7, 11) is 0. The van der Waals surface area contributed by atoms with E-state index in [1.807, 2.05) is 12.1 Å². The highest BCUT2D eigenvalue weighted by Crippen LogP contribution is 2.16. The van der Waals surface area contributed by atoms with Crippen LogP contribution in [0.25, 0.3) is 0 Å². The number of hydrogen-bond donors (Lipinski definition) is 2. The Morgan fingerprint density at radius 1 is 1.21 bits per heavy atom. The highest BCUT2D eigenvalue weighted by atomic mass is 35.5. The van der Waals surface area contributed by atoms with Crippen LogP contribution in [0, 0.1) is 5.82 Å². The van der Waals surface area contributed by atoms with Gasteiger partial charge in [-0.2, -0.15) is 0 Å². The molecule has 0 fully saturated rings. The monoisotopic (exact) mass is 279 g/mol. The fourth-order valence-electron chi connectivity index (χ4n) is 1.60. The van der Waals surface area contributed by atoms with Crippen LogP contribution in [0.2, 0.25) is 5.02 Å². The second kappa shape index (κ2) is 5.71. The summed E-state index contributed by atoms with van der Waals surface area (Å²) in [4.78, 5) is 10.7. The Hall–Kier alpha value is -2.07. The van der Waals surface area contributed by atoms with Crippen molar-refractivity contribution in [2.24, 2.45) is 0 Å². The van der Waals surface area contributed by atoms with Gasteiger partial charge in [0.15, 0.2) is 0 Å². The number of carbonyl (C=O) groups is 1. The summed E-state index contributed by atoms with van der Waals surface area (Å²) in [6, 6.07) is 11.2. The SMILES string of the molecule is O=C(O)c1ccc(NCc2ccc(Cl)cc2)cc1F. The maximum absolute atomic E-state index is 13.4. The zero-order valence-corrected chi connectivity index (χ0v) is 10.6. The molecule has 3 nitrogen and oxygen atoms in total. The zero-order chi connectivity index (χ0) is 13.8. The minimum Gasteiger partial charge on any atom is -0.478 e. The van der Waals surface area contributed by atoms with E-state index in [2.05, 4.69) is 5.32 Å². The Bertz CT molecular complexity index is 599. The predicted molar refractivity (Wildman–Crippen MR) is 72.1 cm³/mol. The van der Waals surface area contributed by atoms with Crippen molar-refractivity contribution in [3.05, 3.63) is 64.4 Å². The number of nitrogens with one attached hydrogen (secondary N) is 1. The molecule has 0 radical (unpaired) electrons. The van der Waals surface area contributed by atoms with Gasteiger partial charge in [0.25, 0.3) is 0 Å². The minimum absolute atomic E-state index is 0.336. The standard InChI is InChI=1S/C14H11ClFNO2/c15-10-3-1-9(2-4-10)8-17-11-5-6-12(14(18)19)13(16)7-11/h1-7,17H,8H2,(H,18,19). The van der Waals surface area contributed by atoms with Crippen molar-refractivity contribution >= 4 is 23.3 Å². The van der Waals surface area contributed by atoms with Gasteiger partial charge in [-0.05, 0) is 35.9 Å². The van der Waals surface area contributed by atoms with Crippen LogP contribution < -0.4 is 5.32 Å². The maximum atomic E-state index is 13.4. The van der Waals surface area contributed by atoms with Crippen LogP contribution >= 0.6 is 11.6 Å². The summed E-state index contributed by atoms with van der Waals surface area (Å²) in [6.07, 6.45) is 0. The average molecular weight is 280 g/mol. The average Bonchev–Trinajstić information content (AvgIpc) is 2.37. The Morgan fingerprint density at radius 2 is 1.89 bits per heavy atom. The third kappa shape index (κ3) is 3.45. The Morgan fingerprint density at radius 3 is 2.47 bits per heavy atom. The lowest BCUT2D eigenvalue weighted by Crippen LogP contribution is -2.03. The van der Waals surface area contributed by atoms with Crippen molar-refractivity contribution in [1.82, 2.24) is 0 Å². The summed E-state index contributed by atoms with van der Waals surface area (Å²) in [5, 5.41) is 12.4. The number of carboxylic acids is 1. The van der Waals surface area contributed by atoms with Crippen molar-refractivity contribution in [2.45, 2.75) is 6.54 Å². The molecule has 0 spiro atoms. The third-order valence-electron chi connectivity index (χ3n) is 2.61. The molecule has 0 aliphatic heterocycles.